The summed E-state index contributed by atoms with van der Waals surface area (Å²) in [5, 5.41) is 0.761. The number of hydrogen-bond donors (Lipinski definition) is 1. The van der Waals surface area contributed by atoms with Crippen molar-refractivity contribution in [2.75, 3.05) is 0 Å². The molecule has 0 radical (unpaired) electrons. The summed E-state index contributed by atoms with van der Waals surface area (Å²) in [6.45, 7) is 0. The van der Waals surface area contributed by atoms with E-state index in [1.165, 1.54) is 16.7 Å². The van der Waals surface area contributed by atoms with Crippen molar-refractivity contribution in [2.24, 2.45) is 0 Å². The highest BCUT2D eigenvalue weighted by Crippen LogP contribution is 2.23. The number of nitrogens with one attached hydrogen (secondary N) is 1. The maximum atomic E-state index is 5.91. The molecule has 0 unspecified atom stereocenters. The summed E-state index contributed by atoms with van der Waals surface area (Å²) in [5.74, 6) is 0. The van der Waals surface area contributed by atoms with Crippen LogP contribution in [0.25, 0.3) is 11.1 Å². The standard InChI is InChI=1S/C16H13ClN2/c17-15-6-4-13(5-7-15)14-3-1-2-12(8-14)9-16-10-18-11-19-16/h1-8,10-11H,9H2,(H,18,19). The van der Waals surface area contributed by atoms with Gasteiger partial charge in [-0.05, 0) is 28.8 Å². The van der Waals surface area contributed by atoms with E-state index in [1.54, 1.807) is 6.33 Å². The molecule has 0 spiro atoms. The summed E-state index contributed by atoms with van der Waals surface area (Å²) in [6, 6.07) is 16.4. The molecule has 0 aliphatic rings. The number of halogens is 1. The number of H-pyrrole nitrogens is 1. The van der Waals surface area contributed by atoms with Crippen LogP contribution in [-0.2, 0) is 6.42 Å². The molecular formula is C16H13ClN2. The molecule has 1 N–H and O–H groups in total. The second-order valence-electron chi connectivity index (χ2n) is 4.46. The molecule has 94 valence electrons. The first-order chi connectivity index (χ1) is 9.31. The molecule has 3 aromatic rings. The Labute approximate surface area is 117 Å². The Morgan fingerprint density at radius 3 is 2.58 bits per heavy atom. The number of aromatic nitrogens is 2. The molecule has 0 atom stereocenters. The SMILES string of the molecule is Clc1ccc(-c2cccc(Cc3cnc[nH]3)c2)cc1. The van der Waals surface area contributed by atoms with Crippen molar-refractivity contribution >= 4 is 11.6 Å². The van der Waals surface area contributed by atoms with E-state index in [0.717, 1.165) is 17.1 Å². The summed E-state index contributed by atoms with van der Waals surface area (Å²) in [4.78, 5) is 7.16. The molecule has 1 aromatic heterocycles. The predicted molar refractivity (Wildman–Crippen MR) is 78.3 cm³/mol. The summed E-state index contributed by atoms with van der Waals surface area (Å²) >= 11 is 5.91. The fourth-order valence-corrected chi connectivity index (χ4v) is 2.23. The van der Waals surface area contributed by atoms with Crippen LogP contribution in [0.4, 0.5) is 0 Å². The van der Waals surface area contributed by atoms with Gasteiger partial charge in [-0.3, -0.25) is 0 Å². The minimum Gasteiger partial charge on any atom is -0.348 e. The van der Waals surface area contributed by atoms with E-state index in [1.807, 2.05) is 30.5 Å². The Morgan fingerprint density at radius 1 is 1.00 bits per heavy atom. The molecule has 2 aromatic carbocycles. The van der Waals surface area contributed by atoms with E-state index in [9.17, 15) is 0 Å². The molecular weight excluding hydrogens is 256 g/mol. The first kappa shape index (κ1) is 12.0. The lowest BCUT2D eigenvalue weighted by Gasteiger charge is -2.05. The lowest BCUT2D eigenvalue weighted by molar-refractivity contribution is 1.11. The minimum absolute atomic E-state index is 0.761. The topological polar surface area (TPSA) is 28.7 Å². The predicted octanol–water partition coefficient (Wildman–Crippen LogP) is 4.32. The van der Waals surface area contributed by atoms with E-state index >= 15 is 0 Å². The van der Waals surface area contributed by atoms with E-state index < -0.39 is 0 Å². The Kier molecular flexibility index (Phi) is 3.34. The van der Waals surface area contributed by atoms with Crippen molar-refractivity contribution in [3.8, 4) is 11.1 Å². The van der Waals surface area contributed by atoms with Gasteiger partial charge in [-0.1, -0.05) is 48.0 Å². The maximum Gasteiger partial charge on any atom is 0.0921 e. The molecule has 0 aliphatic heterocycles. The average molecular weight is 269 g/mol. The lowest BCUT2D eigenvalue weighted by atomic mass is 10.0. The third-order valence-electron chi connectivity index (χ3n) is 3.05. The zero-order valence-corrected chi connectivity index (χ0v) is 11.1. The highest BCUT2D eigenvalue weighted by molar-refractivity contribution is 6.30. The fraction of sp³-hybridized carbons (Fsp3) is 0.0625. The minimum atomic E-state index is 0.761. The molecule has 0 fully saturated rings. The molecule has 0 amide bonds. The number of imidazole rings is 1. The Morgan fingerprint density at radius 2 is 1.84 bits per heavy atom. The van der Waals surface area contributed by atoms with Crippen molar-refractivity contribution in [1.82, 2.24) is 9.97 Å². The fourth-order valence-electron chi connectivity index (χ4n) is 2.10. The Hall–Kier alpha value is -2.06. The van der Waals surface area contributed by atoms with Gasteiger partial charge in [0.2, 0.25) is 0 Å². The third kappa shape index (κ3) is 2.85. The number of hydrogen-bond acceptors (Lipinski definition) is 1. The second kappa shape index (κ2) is 5.29. The van der Waals surface area contributed by atoms with Gasteiger partial charge in [-0.15, -0.1) is 0 Å². The summed E-state index contributed by atoms with van der Waals surface area (Å²) in [6.07, 6.45) is 4.43. The molecule has 0 saturated carbocycles. The van der Waals surface area contributed by atoms with Crippen molar-refractivity contribution < 1.29 is 0 Å². The van der Waals surface area contributed by atoms with Crippen LogP contribution in [0.15, 0.2) is 61.1 Å². The molecule has 3 rings (SSSR count). The molecule has 1 heterocycles. The van der Waals surface area contributed by atoms with Crippen LogP contribution in [0, 0.1) is 0 Å². The first-order valence-corrected chi connectivity index (χ1v) is 6.51. The molecule has 19 heavy (non-hydrogen) atoms. The molecule has 0 saturated heterocycles. The van der Waals surface area contributed by atoms with Crippen LogP contribution in [0.1, 0.15) is 11.3 Å². The summed E-state index contributed by atoms with van der Waals surface area (Å²) < 4.78 is 0. The van der Waals surface area contributed by atoms with Crippen molar-refractivity contribution in [1.29, 1.82) is 0 Å². The monoisotopic (exact) mass is 268 g/mol. The summed E-state index contributed by atoms with van der Waals surface area (Å²) in [7, 11) is 0. The van der Waals surface area contributed by atoms with Gasteiger partial charge in [0, 0.05) is 23.3 Å². The smallest absolute Gasteiger partial charge is 0.0921 e. The number of nitrogens with zero attached hydrogens (tertiary/aromatic N) is 1. The van der Waals surface area contributed by atoms with Crippen molar-refractivity contribution in [3.63, 3.8) is 0 Å². The van der Waals surface area contributed by atoms with Gasteiger partial charge in [-0.2, -0.15) is 0 Å². The first-order valence-electron chi connectivity index (χ1n) is 6.13. The van der Waals surface area contributed by atoms with Gasteiger partial charge < -0.3 is 4.98 Å². The highest BCUT2D eigenvalue weighted by atomic mass is 35.5. The van der Waals surface area contributed by atoms with Gasteiger partial charge in [0.1, 0.15) is 0 Å². The second-order valence-corrected chi connectivity index (χ2v) is 4.90. The number of aromatic amines is 1. The quantitative estimate of drug-likeness (QED) is 0.753. The number of benzene rings is 2. The van der Waals surface area contributed by atoms with Gasteiger partial charge in [-0.25, -0.2) is 4.98 Å². The van der Waals surface area contributed by atoms with Crippen LogP contribution >= 0.6 is 11.6 Å². The molecule has 0 bridgehead atoms. The van der Waals surface area contributed by atoms with Gasteiger partial charge >= 0.3 is 0 Å². The average Bonchev–Trinajstić information content (AvgIpc) is 2.93. The van der Waals surface area contributed by atoms with Gasteiger partial charge in [0.25, 0.3) is 0 Å². The highest BCUT2D eigenvalue weighted by Gasteiger charge is 2.01. The van der Waals surface area contributed by atoms with Gasteiger partial charge in [0.05, 0.1) is 6.33 Å². The van der Waals surface area contributed by atoms with Crippen LogP contribution in [0.5, 0.6) is 0 Å². The van der Waals surface area contributed by atoms with Crippen molar-refractivity contribution in [3.05, 3.63) is 77.3 Å². The van der Waals surface area contributed by atoms with Crippen molar-refractivity contribution in [2.45, 2.75) is 6.42 Å². The van der Waals surface area contributed by atoms with Gasteiger partial charge in [0.15, 0.2) is 0 Å². The largest absolute Gasteiger partial charge is 0.348 e. The molecule has 2 nitrogen and oxygen atoms in total. The van der Waals surface area contributed by atoms with E-state index in [4.69, 9.17) is 11.6 Å². The third-order valence-corrected chi connectivity index (χ3v) is 3.31. The zero-order chi connectivity index (χ0) is 13.1. The lowest BCUT2D eigenvalue weighted by Crippen LogP contribution is -1.88. The van der Waals surface area contributed by atoms with Crippen LogP contribution < -0.4 is 0 Å². The normalized spacial score (nSPS) is 10.6. The van der Waals surface area contributed by atoms with Crippen LogP contribution in [-0.4, -0.2) is 9.97 Å². The van der Waals surface area contributed by atoms with E-state index in [0.29, 0.717) is 0 Å². The van der Waals surface area contributed by atoms with Crippen LogP contribution in [0.2, 0.25) is 5.02 Å². The van der Waals surface area contributed by atoms with E-state index in [-0.39, 0.29) is 0 Å². The maximum absolute atomic E-state index is 5.91. The van der Waals surface area contributed by atoms with Crippen LogP contribution in [0.3, 0.4) is 0 Å². The zero-order valence-electron chi connectivity index (χ0n) is 10.3. The Bertz CT molecular complexity index is 657. The summed E-state index contributed by atoms with van der Waals surface area (Å²) in [5.41, 5.74) is 4.76. The number of rotatable bonds is 3. The molecule has 3 heteroatoms. The van der Waals surface area contributed by atoms with E-state index in [2.05, 4.69) is 34.2 Å². The molecule has 0 aliphatic carbocycles. The Balaban J connectivity index is 1.89.